The molecule has 0 bridgehead atoms. The molecule has 2 heterocycles. The van der Waals surface area contributed by atoms with E-state index in [2.05, 4.69) is 5.32 Å². The molecule has 0 saturated carbocycles. The Morgan fingerprint density at radius 1 is 1.53 bits per heavy atom. The smallest absolute Gasteiger partial charge is 0.287 e. The Bertz CT molecular complexity index is 490. The molecule has 2 aromatic rings. The van der Waals surface area contributed by atoms with Crippen LogP contribution in [0.3, 0.4) is 0 Å². The molecule has 2 aromatic heterocycles. The third kappa shape index (κ3) is 3.11. The molecule has 1 atom stereocenters. The van der Waals surface area contributed by atoms with Gasteiger partial charge in [-0.1, -0.05) is 6.07 Å². The van der Waals surface area contributed by atoms with Crippen LogP contribution >= 0.6 is 22.9 Å². The zero-order chi connectivity index (χ0) is 12.3. The third-order valence-electron chi connectivity index (χ3n) is 2.25. The molecule has 0 aliphatic heterocycles. The van der Waals surface area contributed by atoms with Gasteiger partial charge in [0, 0.05) is 4.88 Å². The molecule has 0 aliphatic rings. The maximum atomic E-state index is 11.7. The van der Waals surface area contributed by atoms with Gasteiger partial charge in [-0.2, -0.15) is 0 Å². The molecule has 0 aromatic carbocycles. The minimum Gasteiger partial charge on any atom is -0.454 e. The molecule has 0 radical (unpaired) electrons. The Morgan fingerprint density at radius 3 is 2.94 bits per heavy atom. The Hall–Kier alpha value is -1.26. The van der Waals surface area contributed by atoms with Gasteiger partial charge in [-0.3, -0.25) is 4.79 Å². The van der Waals surface area contributed by atoms with Crippen LogP contribution in [0.25, 0.3) is 0 Å². The van der Waals surface area contributed by atoms with Crippen molar-refractivity contribution >= 4 is 28.8 Å². The number of thiophene rings is 1. The van der Waals surface area contributed by atoms with Gasteiger partial charge < -0.3 is 9.73 Å². The number of hydrogen-bond donors (Lipinski definition) is 1. The normalized spacial score (nSPS) is 12.4. The quantitative estimate of drug-likeness (QED) is 0.862. The van der Waals surface area contributed by atoms with Gasteiger partial charge in [0.25, 0.3) is 5.91 Å². The number of carbonyl (C=O) groups is 1. The summed E-state index contributed by atoms with van der Waals surface area (Å²) < 4.78 is 5.34. The van der Waals surface area contributed by atoms with Crippen LogP contribution in [-0.4, -0.2) is 5.91 Å². The first kappa shape index (κ1) is 12.2. The lowest BCUT2D eigenvalue weighted by molar-refractivity contribution is 0.0922. The molecule has 0 spiro atoms. The van der Waals surface area contributed by atoms with Gasteiger partial charge in [-0.25, -0.2) is 0 Å². The highest BCUT2D eigenvalue weighted by Crippen LogP contribution is 2.21. The molecular weight excluding hydrogens is 258 g/mol. The molecule has 0 fully saturated rings. The van der Waals surface area contributed by atoms with E-state index in [-0.39, 0.29) is 11.3 Å². The SMILES string of the molecule is CC(Cl)c1ccc(C(=O)NCc2cccs2)o1. The van der Waals surface area contributed by atoms with Crippen LogP contribution in [0.2, 0.25) is 0 Å². The number of amides is 1. The van der Waals surface area contributed by atoms with E-state index < -0.39 is 0 Å². The molecular formula is C12H12ClNO2S. The molecule has 1 N–H and O–H groups in total. The van der Waals surface area contributed by atoms with Gasteiger partial charge in [-0.05, 0) is 30.5 Å². The lowest BCUT2D eigenvalue weighted by atomic mass is 10.3. The Morgan fingerprint density at radius 2 is 2.35 bits per heavy atom. The minimum atomic E-state index is -0.228. The first-order chi connectivity index (χ1) is 8.16. The number of hydrogen-bond acceptors (Lipinski definition) is 3. The number of rotatable bonds is 4. The molecule has 2 rings (SSSR count). The van der Waals surface area contributed by atoms with E-state index >= 15 is 0 Å². The molecule has 5 heteroatoms. The van der Waals surface area contributed by atoms with Crippen molar-refractivity contribution in [2.75, 3.05) is 0 Å². The number of furan rings is 1. The third-order valence-corrected chi connectivity index (χ3v) is 3.34. The highest BCUT2D eigenvalue weighted by molar-refractivity contribution is 7.09. The van der Waals surface area contributed by atoms with Crippen LogP contribution in [0.1, 0.15) is 33.5 Å². The van der Waals surface area contributed by atoms with Crippen molar-refractivity contribution in [2.24, 2.45) is 0 Å². The summed E-state index contributed by atoms with van der Waals surface area (Å²) in [6, 6.07) is 7.28. The lowest BCUT2D eigenvalue weighted by Gasteiger charge is -2.01. The van der Waals surface area contributed by atoms with E-state index in [4.69, 9.17) is 16.0 Å². The number of carbonyl (C=O) groups excluding carboxylic acids is 1. The molecule has 3 nitrogen and oxygen atoms in total. The van der Waals surface area contributed by atoms with Crippen molar-refractivity contribution in [3.8, 4) is 0 Å². The topological polar surface area (TPSA) is 42.2 Å². The maximum absolute atomic E-state index is 11.7. The molecule has 1 unspecified atom stereocenters. The highest BCUT2D eigenvalue weighted by Gasteiger charge is 2.13. The van der Waals surface area contributed by atoms with Crippen molar-refractivity contribution in [3.05, 3.63) is 46.0 Å². The van der Waals surface area contributed by atoms with Crippen LogP contribution in [-0.2, 0) is 6.54 Å². The van der Waals surface area contributed by atoms with Crippen LogP contribution in [0.15, 0.2) is 34.1 Å². The second-order valence-corrected chi connectivity index (χ2v) is 5.27. The maximum Gasteiger partial charge on any atom is 0.287 e. The predicted octanol–water partition coefficient (Wildman–Crippen LogP) is 3.57. The number of halogens is 1. The summed E-state index contributed by atoms with van der Waals surface area (Å²) in [5, 5.41) is 4.53. The zero-order valence-corrected chi connectivity index (χ0v) is 10.8. The van der Waals surface area contributed by atoms with Crippen molar-refractivity contribution in [1.82, 2.24) is 5.32 Å². The summed E-state index contributed by atoms with van der Waals surface area (Å²) in [5.41, 5.74) is 0. The van der Waals surface area contributed by atoms with E-state index in [0.29, 0.717) is 18.1 Å². The van der Waals surface area contributed by atoms with Crippen LogP contribution in [0.5, 0.6) is 0 Å². The Labute approximate surface area is 108 Å². The largest absolute Gasteiger partial charge is 0.454 e. The summed E-state index contributed by atoms with van der Waals surface area (Å²) in [6.07, 6.45) is 0. The van der Waals surface area contributed by atoms with Gasteiger partial charge in [0.05, 0.1) is 11.9 Å². The summed E-state index contributed by atoms with van der Waals surface area (Å²) in [4.78, 5) is 12.8. The first-order valence-electron chi connectivity index (χ1n) is 5.21. The average molecular weight is 270 g/mol. The summed E-state index contributed by atoms with van der Waals surface area (Å²) in [7, 11) is 0. The van der Waals surface area contributed by atoms with E-state index in [1.165, 1.54) is 0 Å². The van der Waals surface area contributed by atoms with Gasteiger partial charge in [0.15, 0.2) is 5.76 Å². The van der Waals surface area contributed by atoms with Crippen LogP contribution in [0.4, 0.5) is 0 Å². The standard InChI is InChI=1S/C12H12ClNO2S/c1-8(13)10-4-5-11(16-10)12(15)14-7-9-3-2-6-17-9/h2-6,8H,7H2,1H3,(H,14,15). The summed E-state index contributed by atoms with van der Waals surface area (Å²) in [5.74, 6) is 0.680. The molecule has 90 valence electrons. The number of alkyl halides is 1. The molecule has 0 saturated heterocycles. The fraction of sp³-hybridized carbons (Fsp3) is 0.250. The van der Waals surface area contributed by atoms with Gasteiger partial charge in [0.2, 0.25) is 0 Å². The summed E-state index contributed by atoms with van der Waals surface area (Å²) >= 11 is 7.46. The average Bonchev–Trinajstić information content (AvgIpc) is 2.96. The minimum absolute atomic E-state index is 0.220. The monoisotopic (exact) mass is 269 g/mol. The van der Waals surface area contributed by atoms with Crippen LogP contribution in [0, 0.1) is 0 Å². The van der Waals surface area contributed by atoms with Crippen molar-refractivity contribution < 1.29 is 9.21 Å². The predicted molar refractivity (Wildman–Crippen MR) is 68.5 cm³/mol. The molecule has 17 heavy (non-hydrogen) atoms. The van der Waals surface area contributed by atoms with E-state index in [9.17, 15) is 4.79 Å². The van der Waals surface area contributed by atoms with E-state index in [1.54, 1.807) is 30.4 Å². The highest BCUT2D eigenvalue weighted by atomic mass is 35.5. The van der Waals surface area contributed by atoms with Crippen molar-refractivity contribution in [2.45, 2.75) is 18.8 Å². The molecule has 0 aliphatic carbocycles. The van der Waals surface area contributed by atoms with E-state index in [1.807, 2.05) is 17.5 Å². The second-order valence-electron chi connectivity index (χ2n) is 3.58. The second kappa shape index (κ2) is 5.38. The van der Waals surface area contributed by atoms with Crippen molar-refractivity contribution in [3.63, 3.8) is 0 Å². The Balaban J connectivity index is 1.95. The lowest BCUT2D eigenvalue weighted by Crippen LogP contribution is -2.21. The van der Waals surface area contributed by atoms with Gasteiger partial charge >= 0.3 is 0 Å². The summed E-state index contributed by atoms with van der Waals surface area (Å²) in [6.45, 7) is 2.32. The fourth-order valence-corrected chi connectivity index (χ4v) is 2.12. The van der Waals surface area contributed by atoms with Crippen molar-refractivity contribution in [1.29, 1.82) is 0 Å². The van der Waals surface area contributed by atoms with Gasteiger partial charge in [0.1, 0.15) is 5.76 Å². The zero-order valence-electron chi connectivity index (χ0n) is 9.27. The Kier molecular flexibility index (Phi) is 3.86. The van der Waals surface area contributed by atoms with Crippen LogP contribution < -0.4 is 5.32 Å². The fourth-order valence-electron chi connectivity index (χ4n) is 1.36. The first-order valence-corrected chi connectivity index (χ1v) is 6.53. The molecule has 1 amide bonds. The van der Waals surface area contributed by atoms with Gasteiger partial charge in [-0.15, -0.1) is 22.9 Å². The van der Waals surface area contributed by atoms with E-state index in [0.717, 1.165) is 4.88 Å². The number of nitrogens with one attached hydrogen (secondary N) is 1.